The highest BCUT2D eigenvalue weighted by atomic mass is 16.5. The van der Waals surface area contributed by atoms with Crippen molar-refractivity contribution in [1.82, 2.24) is 10.1 Å². The maximum Gasteiger partial charge on any atom is 0.247 e. The van der Waals surface area contributed by atoms with Crippen LogP contribution in [0.5, 0.6) is 0 Å². The Morgan fingerprint density at radius 2 is 1.84 bits per heavy atom. The van der Waals surface area contributed by atoms with Gasteiger partial charge >= 0.3 is 0 Å². The number of nitrogens with two attached hydrogens (primary N) is 1. The van der Waals surface area contributed by atoms with Gasteiger partial charge in [-0.1, -0.05) is 5.16 Å². The van der Waals surface area contributed by atoms with Gasteiger partial charge in [-0.15, -0.1) is 0 Å². The Morgan fingerprint density at radius 3 is 2.47 bits per heavy atom. The molecule has 6 heteroatoms. The zero-order valence-electron chi connectivity index (χ0n) is 11.4. The van der Waals surface area contributed by atoms with Crippen molar-refractivity contribution in [2.75, 3.05) is 20.3 Å². The maximum atomic E-state index is 6.36. The van der Waals surface area contributed by atoms with E-state index in [-0.39, 0.29) is 5.60 Å². The van der Waals surface area contributed by atoms with Crippen molar-refractivity contribution in [1.29, 1.82) is 0 Å². The summed E-state index contributed by atoms with van der Waals surface area (Å²) in [4.78, 5) is 4.55. The van der Waals surface area contributed by atoms with Crippen LogP contribution in [0, 0.1) is 0 Å². The van der Waals surface area contributed by atoms with Crippen molar-refractivity contribution in [3.63, 3.8) is 0 Å². The van der Waals surface area contributed by atoms with Gasteiger partial charge in [0, 0.05) is 20.3 Å². The molecule has 0 radical (unpaired) electrons. The van der Waals surface area contributed by atoms with Crippen molar-refractivity contribution >= 4 is 0 Å². The summed E-state index contributed by atoms with van der Waals surface area (Å²) in [5, 5.41) is 4.13. The van der Waals surface area contributed by atoms with Crippen LogP contribution in [0.2, 0.25) is 0 Å². The Kier molecular flexibility index (Phi) is 3.32. The molecule has 0 unspecified atom stereocenters. The minimum absolute atomic E-state index is 0.372. The van der Waals surface area contributed by atoms with E-state index in [2.05, 4.69) is 10.1 Å². The average molecular weight is 267 g/mol. The molecule has 1 aromatic rings. The summed E-state index contributed by atoms with van der Waals surface area (Å²) in [7, 11) is 1.72. The quantitative estimate of drug-likeness (QED) is 0.892. The fraction of sp³-hybridized carbons (Fsp3) is 0.846. The van der Waals surface area contributed by atoms with E-state index in [1.165, 1.54) is 0 Å². The number of ether oxygens (including phenoxy) is 2. The Bertz CT molecular complexity index is 434. The molecule has 106 valence electrons. The van der Waals surface area contributed by atoms with E-state index in [4.69, 9.17) is 19.7 Å². The van der Waals surface area contributed by atoms with Gasteiger partial charge in [-0.3, -0.25) is 0 Å². The molecule has 1 saturated heterocycles. The van der Waals surface area contributed by atoms with Gasteiger partial charge < -0.3 is 19.7 Å². The first-order chi connectivity index (χ1) is 9.19. The first-order valence-corrected chi connectivity index (χ1v) is 6.95. The van der Waals surface area contributed by atoms with Crippen molar-refractivity contribution in [3.05, 3.63) is 11.7 Å². The molecule has 19 heavy (non-hydrogen) atoms. The van der Waals surface area contributed by atoms with Crippen LogP contribution in [0.15, 0.2) is 4.52 Å². The molecule has 0 spiro atoms. The predicted octanol–water partition coefficient (Wildman–Crippen LogP) is 1.45. The Hall–Kier alpha value is -0.980. The summed E-state index contributed by atoms with van der Waals surface area (Å²) in [5.41, 5.74) is 5.44. The van der Waals surface area contributed by atoms with Crippen LogP contribution in [-0.4, -0.2) is 30.5 Å². The van der Waals surface area contributed by atoms with Gasteiger partial charge in [0.1, 0.15) is 11.1 Å². The number of rotatable bonds is 3. The van der Waals surface area contributed by atoms with Gasteiger partial charge in [0.2, 0.25) is 11.7 Å². The molecule has 0 atom stereocenters. The second-order valence-corrected chi connectivity index (χ2v) is 5.60. The SMILES string of the molecule is COC1(c2noc(C3(N)CCOCC3)n2)CCCC1. The third kappa shape index (κ3) is 2.17. The molecular weight excluding hydrogens is 246 g/mol. The molecule has 2 aliphatic rings. The van der Waals surface area contributed by atoms with Crippen LogP contribution >= 0.6 is 0 Å². The molecular formula is C13H21N3O3. The van der Waals surface area contributed by atoms with Gasteiger partial charge in [-0.25, -0.2) is 0 Å². The zero-order valence-corrected chi connectivity index (χ0v) is 11.4. The fourth-order valence-electron chi connectivity index (χ4n) is 3.03. The van der Waals surface area contributed by atoms with Crippen LogP contribution in [0.1, 0.15) is 50.2 Å². The van der Waals surface area contributed by atoms with Crippen LogP contribution < -0.4 is 5.73 Å². The molecule has 1 aromatic heterocycles. The number of aromatic nitrogens is 2. The van der Waals surface area contributed by atoms with Crippen molar-refractivity contribution in [2.45, 2.75) is 49.7 Å². The monoisotopic (exact) mass is 267 g/mol. The van der Waals surface area contributed by atoms with E-state index < -0.39 is 5.54 Å². The van der Waals surface area contributed by atoms with E-state index in [0.717, 1.165) is 25.7 Å². The van der Waals surface area contributed by atoms with E-state index in [1.54, 1.807) is 7.11 Å². The highest BCUT2D eigenvalue weighted by molar-refractivity contribution is 5.09. The third-order valence-electron chi connectivity index (χ3n) is 4.45. The van der Waals surface area contributed by atoms with Crippen LogP contribution in [0.4, 0.5) is 0 Å². The minimum atomic E-state index is -0.545. The molecule has 1 aliphatic carbocycles. The van der Waals surface area contributed by atoms with Crippen LogP contribution in [0.25, 0.3) is 0 Å². The Balaban J connectivity index is 1.86. The predicted molar refractivity (Wildman–Crippen MR) is 67.4 cm³/mol. The van der Waals surface area contributed by atoms with E-state index in [9.17, 15) is 0 Å². The molecule has 3 rings (SSSR count). The first kappa shape index (κ1) is 13.0. The summed E-state index contributed by atoms with van der Waals surface area (Å²) >= 11 is 0. The topological polar surface area (TPSA) is 83.4 Å². The summed E-state index contributed by atoms with van der Waals surface area (Å²) in [5.74, 6) is 1.17. The normalized spacial score (nSPS) is 25.6. The maximum absolute atomic E-state index is 6.36. The lowest BCUT2D eigenvalue weighted by atomic mass is 9.91. The molecule has 1 aliphatic heterocycles. The lowest BCUT2D eigenvalue weighted by Crippen LogP contribution is -2.42. The van der Waals surface area contributed by atoms with Crippen LogP contribution in [-0.2, 0) is 20.6 Å². The van der Waals surface area contributed by atoms with Crippen molar-refractivity contribution < 1.29 is 14.0 Å². The van der Waals surface area contributed by atoms with Crippen LogP contribution in [0.3, 0.4) is 0 Å². The summed E-state index contributed by atoms with van der Waals surface area (Å²) in [6.07, 6.45) is 5.61. The van der Waals surface area contributed by atoms with Gasteiger partial charge in [-0.05, 0) is 38.5 Å². The van der Waals surface area contributed by atoms with Gasteiger partial charge in [0.25, 0.3) is 0 Å². The molecule has 0 amide bonds. The summed E-state index contributed by atoms with van der Waals surface area (Å²) in [6.45, 7) is 1.28. The second-order valence-electron chi connectivity index (χ2n) is 5.60. The molecule has 2 N–H and O–H groups in total. The molecule has 1 saturated carbocycles. The highest BCUT2D eigenvalue weighted by Crippen LogP contribution is 2.41. The third-order valence-corrected chi connectivity index (χ3v) is 4.45. The largest absolute Gasteiger partial charge is 0.381 e. The van der Waals surface area contributed by atoms with Gasteiger partial charge in [-0.2, -0.15) is 4.98 Å². The molecule has 6 nitrogen and oxygen atoms in total. The highest BCUT2D eigenvalue weighted by Gasteiger charge is 2.43. The lowest BCUT2D eigenvalue weighted by molar-refractivity contribution is -0.0178. The summed E-state index contributed by atoms with van der Waals surface area (Å²) in [6, 6.07) is 0. The zero-order chi connectivity index (χ0) is 13.3. The molecule has 2 heterocycles. The lowest BCUT2D eigenvalue weighted by Gasteiger charge is -2.29. The van der Waals surface area contributed by atoms with Gasteiger partial charge in [0.05, 0.1) is 0 Å². The number of hydrogen-bond acceptors (Lipinski definition) is 6. The smallest absolute Gasteiger partial charge is 0.247 e. The standard InChI is InChI=1S/C13H21N3O3/c1-17-13(4-2-3-5-13)10-15-11(19-16-10)12(14)6-8-18-9-7-12/h2-9,14H2,1H3. The Labute approximate surface area is 112 Å². The van der Waals surface area contributed by atoms with Crippen molar-refractivity contribution in [3.8, 4) is 0 Å². The second kappa shape index (κ2) is 4.85. The Morgan fingerprint density at radius 1 is 1.16 bits per heavy atom. The van der Waals surface area contributed by atoms with Crippen molar-refractivity contribution in [2.24, 2.45) is 5.73 Å². The minimum Gasteiger partial charge on any atom is -0.381 e. The fourth-order valence-corrected chi connectivity index (χ4v) is 3.03. The summed E-state index contributed by atoms with van der Waals surface area (Å²) < 4.78 is 16.4. The average Bonchev–Trinajstić information content (AvgIpc) is 3.09. The molecule has 0 bridgehead atoms. The van der Waals surface area contributed by atoms with Gasteiger partial charge in [0.15, 0.2) is 0 Å². The van der Waals surface area contributed by atoms with E-state index in [0.29, 0.717) is 37.8 Å². The van der Waals surface area contributed by atoms with E-state index >= 15 is 0 Å². The number of nitrogens with zero attached hydrogens (tertiary/aromatic N) is 2. The molecule has 2 fully saturated rings. The van der Waals surface area contributed by atoms with E-state index in [1.807, 2.05) is 0 Å². The number of methoxy groups -OCH3 is 1. The first-order valence-electron chi connectivity index (χ1n) is 6.95. The number of hydrogen-bond donors (Lipinski definition) is 1. The molecule has 0 aromatic carbocycles.